The number of esters is 1. The highest BCUT2D eigenvalue weighted by Gasteiger charge is 2.27. The molecule has 1 fully saturated rings. The molecular formula is C17H18N2O2. The van der Waals surface area contributed by atoms with Crippen LogP contribution in [0.25, 0.3) is 0 Å². The highest BCUT2D eigenvalue weighted by Crippen LogP contribution is 2.24. The Morgan fingerprint density at radius 2 is 2.05 bits per heavy atom. The zero-order valence-electron chi connectivity index (χ0n) is 11.8. The van der Waals surface area contributed by atoms with Gasteiger partial charge in [0.25, 0.3) is 0 Å². The Morgan fingerprint density at radius 1 is 1.19 bits per heavy atom. The van der Waals surface area contributed by atoms with Crippen LogP contribution < -0.4 is 9.64 Å². The minimum atomic E-state index is -0.144. The van der Waals surface area contributed by atoms with E-state index in [2.05, 4.69) is 9.88 Å². The molecule has 21 heavy (non-hydrogen) atoms. The first kappa shape index (κ1) is 13.6. The lowest BCUT2D eigenvalue weighted by Crippen LogP contribution is -2.40. The van der Waals surface area contributed by atoms with E-state index >= 15 is 0 Å². The van der Waals surface area contributed by atoms with Crippen molar-refractivity contribution in [3.8, 4) is 5.75 Å². The number of ether oxygens (including phenoxy) is 1. The Labute approximate surface area is 124 Å². The number of nitrogens with zero attached hydrogens (tertiary/aromatic N) is 2. The third-order valence-corrected chi connectivity index (χ3v) is 3.73. The van der Waals surface area contributed by atoms with Crippen LogP contribution in [0.5, 0.6) is 5.75 Å². The topological polar surface area (TPSA) is 42.4 Å². The molecule has 2 aromatic rings. The molecule has 0 spiro atoms. The van der Waals surface area contributed by atoms with Gasteiger partial charge in [-0.1, -0.05) is 18.2 Å². The number of piperidine rings is 1. The van der Waals surface area contributed by atoms with Gasteiger partial charge in [-0.2, -0.15) is 0 Å². The summed E-state index contributed by atoms with van der Waals surface area (Å²) < 4.78 is 5.46. The second-order valence-electron chi connectivity index (χ2n) is 5.23. The van der Waals surface area contributed by atoms with E-state index in [0.29, 0.717) is 12.3 Å². The molecule has 0 N–H and O–H groups in total. The normalized spacial score (nSPS) is 18.3. The van der Waals surface area contributed by atoms with E-state index in [1.165, 1.54) is 0 Å². The highest BCUT2D eigenvalue weighted by atomic mass is 16.5. The van der Waals surface area contributed by atoms with Gasteiger partial charge in [0.05, 0.1) is 17.8 Å². The standard InChI is InChI=1S/C17H18N2O2/c20-17(21-16-8-2-1-3-9-16)14-6-5-11-19(13-14)15-7-4-10-18-12-15/h1-4,7-10,12,14H,5-6,11,13H2. The minimum absolute atomic E-state index is 0.0841. The molecule has 0 bridgehead atoms. The van der Waals surface area contributed by atoms with Crippen LogP contribution in [0.2, 0.25) is 0 Å². The van der Waals surface area contributed by atoms with E-state index in [-0.39, 0.29) is 11.9 Å². The molecule has 4 nitrogen and oxygen atoms in total. The zero-order chi connectivity index (χ0) is 14.5. The molecule has 1 aliphatic heterocycles. The van der Waals surface area contributed by atoms with Crippen molar-refractivity contribution in [2.45, 2.75) is 12.8 Å². The molecule has 1 aromatic heterocycles. The largest absolute Gasteiger partial charge is 0.426 e. The lowest BCUT2D eigenvalue weighted by molar-refractivity contribution is -0.139. The first-order chi connectivity index (χ1) is 10.3. The maximum absolute atomic E-state index is 12.3. The molecule has 0 aliphatic carbocycles. The van der Waals surface area contributed by atoms with Crippen molar-refractivity contribution in [2.75, 3.05) is 18.0 Å². The molecule has 1 unspecified atom stereocenters. The van der Waals surface area contributed by atoms with Gasteiger partial charge >= 0.3 is 5.97 Å². The SMILES string of the molecule is O=C(Oc1ccccc1)C1CCCN(c2cccnc2)C1. The molecule has 0 radical (unpaired) electrons. The summed E-state index contributed by atoms with van der Waals surface area (Å²) in [5, 5.41) is 0. The van der Waals surface area contributed by atoms with Gasteiger partial charge in [-0.15, -0.1) is 0 Å². The van der Waals surface area contributed by atoms with E-state index in [1.807, 2.05) is 36.5 Å². The van der Waals surface area contributed by atoms with Crippen LogP contribution >= 0.6 is 0 Å². The smallest absolute Gasteiger partial charge is 0.316 e. The van der Waals surface area contributed by atoms with E-state index in [1.54, 1.807) is 18.3 Å². The lowest BCUT2D eigenvalue weighted by Gasteiger charge is -2.32. The second-order valence-corrected chi connectivity index (χ2v) is 5.23. The average Bonchev–Trinajstić information content (AvgIpc) is 2.57. The monoisotopic (exact) mass is 282 g/mol. The average molecular weight is 282 g/mol. The first-order valence-electron chi connectivity index (χ1n) is 7.24. The molecule has 4 heteroatoms. The Bertz CT molecular complexity index is 586. The fourth-order valence-corrected chi connectivity index (χ4v) is 2.63. The number of anilines is 1. The number of aromatic nitrogens is 1. The van der Waals surface area contributed by atoms with Gasteiger partial charge in [-0.3, -0.25) is 9.78 Å². The van der Waals surface area contributed by atoms with Gasteiger partial charge in [-0.25, -0.2) is 0 Å². The van der Waals surface area contributed by atoms with Crippen molar-refractivity contribution in [2.24, 2.45) is 5.92 Å². The summed E-state index contributed by atoms with van der Waals surface area (Å²) in [7, 11) is 0. The van der Waals surface area contributed by atoms with Gasteiger partial charge in [-0.05, 0) is 37.1 Å². The molecule has 0 amide bonds. The molecule has 108 valence electrons. The first-order valence-corrected chi connectivity index (χ1v) is 7.24. The number of benzene rings is 1. The summed E-state index contributed by atoms with van der Waals surface area (Å²) in [5.74, 6) is 0.384. The predicted octanol–water partition coefficient (Wildman–Crippen LogP) is 2.90. The fourth-order valence-electron chi connectivity index (χ4n) is 2.63. The summed E-state index contributed by atoms with van der Waals surface area (Å²) >= 11 is 0. The number of hydrogen-bond acceptors (Lipinski definition) is 4. The maximum atomic E-state index is 12.3. The van der Waals surface area contributed by atoms with E-state index in [4.69, 9.17) is 4.74 Å². The highest BCUT2D eigenvalue weighted by molar-refractivity contribution is 5.76. The summed E-state index contributed by atoms with van der Waals surface area (Å²) in [6.45, 7) is 1.65. The third kappa shape index (κ3) is 3.40. The number of hydrogen-bond donors (Lipinski definition) is 0. The van der Waals surface area contributed by atoms with Crippen LogP contribution in [0.15, 0.2) is 54.9 Å². The van der Waals surface area contributed by atoms with E-state index in [0.717, 1.165) is 25.1 Å². The van der Waals surface area contributed by atoms with Crippen molar-refractivity contribution in [1.29, 1.82) is 0 Å². The predicted molar refractivity (Wildman–Crippen MR) is 81.3 cm³/mol. The number of rotatable bonds is 3. The second kappa shape index (κ2) is 6.39. The number of carbonyl (C=O) groups is 1. The van der Waals surface area contributed by atoms with Gasteiger partial charge in [0.2, 0.25) is 0 Å². The molecule has 1 atom stereocenters. The summed E-state index contributed by atoms with van der Waals surface area (Å²) in [5.41, 5.74) is 1.06. The Balaban J connectivity index is 1.64. The third-order valence-electron chi connectivity index (χ3n) is 3.73. The minimum Gasteiger partial charge on any atom is -0.426 e. The number of carbonyl (C=O) groups excluding carboxylic acids is 1. The maximum Gasteiger partial charge on any atom is 0.316 e. The molecule has 2 heterocycles. The van der Waals surface area contributed by atoms with Gasteiger partial charge in [0.1, 0.15) is 5.75 Å². The van der Waals surface area contributed by atoms with Crippen LogP contribution in [0.4, 0.5) is 5.69 Å². The van der Waals surface area contributed by atoms with Crippen molar-refractivity contribution in [3.63, 3.8) is 0 Å². The van der Waals surface area contributed by atoms with E-state index < -0.39 is 0 Å². The van der Waals surface area contributed by atoms with Crippen molar-refractivity contribution >= 4 is 11.7 Å². The quantitative estimate of drug-likeness (QED) is 0.641. The fraction of sp³-hybridized carbons (Fsp3) is 0.294. The van der Waals surface area contributed by atoms with Crippen LogP contribution in [-0.4, -0.2) is 24.0 Å². The van der Waals surface area contributed by atoms with Gasteiger partial charge < -0.3 is 9.64 Å². The van der Waals surface area contributed by atoms with Gasteiger partial charge in [0.15, 0.2) is 0 Å². The van der Waals surface area contributed by atoms with Crippen molar-refractivity contribution < 1.29 is 9.53 Å². The molecule has 0 saturated carbocycles. The van der Waals surface area contributed by atoms with E-state index in [9.17, 15) is 4.79 Å². The van der Waals surface area contributed by atoms with Crippen molar-refractivity contribution in [1.82, 2.24) is 4.98 Å². The molecule has 1 saturated heterocycles. The molecule has 1 aromatic carbocycles. The van der Waals surface area contributed by atoms with Gasteiger partial charge in [0, 0.05) is 19.3 Å². The van der Waals surface area contributed by atoms with Crippen LogP contribution in [0, 0.1) is 5.92 Å². The summed E-state index contributed by atoms with van der Waals surface area (Å²) in [6, 6.07) is 13.2. The van der Waals surface area contributed by atoms with Crippen LogP contribution in [0.3, 0.4) is 0 Å². The molecular weight excluding hydrogens is 264 g/mol. The zero-order valence-corrected chi connectivity index (χ0v) is 11.8. The lowest BCUT2D eigenvalue weighted by atomic mass is 9.98. The van der Waals surface area contributed by atoms with Crippen LogP contribution in [-0.2, 0) is 4.79 Å². The Morgan fingerprint density at radius 3 is 2.81 bits per heavy atom. The molecule has 3 rings (SSSR count). The van der Waals surface area contributed by atoms with Crippen molar-refractivity contribution in [3.05, 3.63) is 54.9 Å². The summed E-state index contributed by atoms with van der Waals surface area (Å²) in [4.78, 5) is 18.6. The molecule has 1 aliphatic rings. The number of pyridine rings is 1. The Hall–Kier alpha value is -2.36. The van der Waals surface area contributed by atoms with Crippen LogP contribution in [0.1, 0.15) is 12.8 Å². The Kier molecular flexibility index (Phi) is 4.15. The summed E-state index contributed by atoms with van der Waals surface area (Å²) in [6.07, 6.45) is 5.46. The number of para-hydroxylation sites is 1.